The summed E-state index contributed by atoms with van der Waals surface area (Å²) in [6.45, 7) is 13.3. The van der Waals surface area contributed by atoms with E-state index < -0.39 is 24.2 Å². The predicted molar refractivity (Wildman–Crippen MR) is 168 cm³/mol. The molecule has 42 heavy (non-hydrogen) atoms. The maximum atomic E-state index is 13.7. The van der Waals surface area contributed by atoms with Gasteiger partial charge in [-0.25, -0.2) is 17.4 Å². The minimum Gasteiger partial charge on any atom is -0.380 e. The van der Waals surface area contributed by atoms with Gasteiger partial charge in [0.05, 0.1) is 33.1 Å². The number of ether oxygens (including phenoxy) is 1. The number of imidazole rings is 1. The molecule has 3 aromatic carbocycles. The topological polar surface area (TPSA) is 110 Å². The van der Waals surface area contributed by atoms with Crippen LogP contribution in [0.25, 0.3) is 21.9 Å². The second-order valence-electron chi connectivity index (χ2n) is 12.1. The number of aliphatic hydroxyl groups is 1. The number of rotatable bonds is 9. The number of hydrogen-bond acceptors (Lipinski definition) is 6. The fourth-order valence-corrected chi connectivity index (χ4v) is 7.47. The number of fused-ring (bicyclic) bond motifs is 2. The molecule has 0 saturated heterocycles. The molecule has 5 aromatic rings. The first kappa shape index (κ1) is 29.7. The Bertz CT molecular complexity index is 1950. The van der Waals surface area contributed by atoms with Crippen LogP contribution in [0.5, 0.6) is 0 Å². The summed E-state index contributed by atoms with van der Waals surface area (Å²) in [6.07, 6.45) is 0.369. The molecule has 1 atom stereocenters. The van der Waals surface area contributed by atoms with Crippen molar-refractivity contribution in [2.45, 2.75) is 64.2 Å². The van der Waals surface area contributed by atoms with Crippen LogP contribution in [0.1, 0.15) is 39.7 Å². The Kier molecular flexibility index (Phi) is 7.89. The lowest BCUT2D eigenvalue weighted by Gasteiger charge is -2.20. The van der Waals surface area contributed by atoms with E-state index in [0.717, 1.165) is 22.7 Å². The molecule has 0 aliphatic rings. The number of aliphatic hydroxyl groups excluding tert-OH is 1. The van der Waals surface area contributed by atoms with Gasteiger partial charge >= 0.3 is 0 Å². The Morgan fingerprint density at radius 2 is 1.74 bits per heavy atom. The molecule has 10 heteroatoms. The number of hydrogen-bond donors (Lipinski definition) is 1. The quantitative estimate of drug-likeness (QED) is 0.154. The van der Waals surface area contributed by atoms with Crippen molar-refractivity contribution in [2.75, 3.05) is 6.61 Å². The molecule has 0 radical (unpaired) electrons. The Morgan fingerprint density at radius 3 is 2.40 bits per heavy atom. The van der Waals surface area contributed by atoms with E-state index in [0.29, 0.717) is 45.5 Å². The highest BCUT2D eigenvalue weighted by atomic mass is 32.2. The molecule has 2 aromatic heterocycles. The van der Waals surface area contributed by atoms with Crippen molar-refractivity contribution in [2.24, 2.45) is 0 Å². The van der Waals surface area contributed by atoms with Crippen LogP contribution in [-0.4, -0.2) is 41.7 Å². The van der Waals surface area contributed by atoms with Gasteiger partial charge in [0.2, 0.25) is 0 Å². The van der Waals surface area contributed by atoms with Crippen molar-refractivity contribution in [1.29, 1.82) is 5.26 Å². The molecule has 0 aliphatic heterocycles. The van der Waals surface area contributed by atoms with E-state index in [2.05, 4.69) is 25.7 Å². The van der Waals surface area contributed by atoms with Gasteiger partial charge in [-0.1, -0.05) is 43.4 Å². The summed E-state index contributed by atoms with van der Waals surface area (Å²) < 4.78 is 36.6. The van der Waals surface area contributed by atoms with Crippen LogP contribution in [0.3, 0.4) is 0 Å². The molecular weight excluding hydrogens is 565 g/mol. The first-order valence-corrected chi connectivity index (χ1v) is 19.1. The molecule has 0 aliphatic carbocycles. The second kappa shape index (κ2) is 11.2. The van der Waals surface area contributed by atoms with E-state index in [1.807, 2.05) is 31.4 Å². The van der Waals surface area contributed by atoms with Crippen molar-refractivity contribution < 1.29 is 18.3 Å². The lowest BCUT2D eigenvalue weighted by atomic mass is 9.96. The number of nitriles is 1. The van der Waals surface area contributed by atoms with Crippen LogP contribution < -0.4 is 0 Å². The Balaban J connectivity index is 1.64. The minimum absolute atomic E-state index is 0.166. The summed E-state index contributed by atoms with van der Waals surface area (Å²) in [5.74, 6) is 0.371. The van der Waals surface area contributed by atoms with Crippen molar-refractivity contribution >= 4 is 40.0 Å². The van der Waals surface area contributed by atoms with Gasteiger partial charge in [-0.15, -0.1) is 0 Å². The monoisotopic (exact) mass is 600 g/mol. The van der Waals surface area contributed by atoms with Gasteiger partial charge in [0, 0.05) is 31.8 Å². The molecular formula is C32H36N4O4SSi. The average Bonchev–Trinajstić information content (AvgIpc) is 3.53. The minimum atomic E-state index is -3.88. The fraction of sp³-hybridized carbons (Fsp3) is 0.312. The second-order valence-corrected chi connectivity index (χ2v) is 19.5. The number of aromatic nitrogens is 3. The first-order valence-electron chi connectivity index (χ1n) is 13.9. The largest absolute Gasteiger partial charge is 0.380 e. The number of aryl methyl sites for hydroxylation is 3. The van der Waals surface area contributed by atoms with Crippen LogP contribution in [0.4, 0.5) is 0 Å². The molecule has 0 bridgehead atoms. The summed E-state index contributed by atoms with van der Waals surface area (Å²) in [4.78, 5) is 4.97. The molecule has 1 N–H and O–H groups in total. The van der Waals surface area contributed by atoms with Crippen molar-refractivity contribution in [3.63, 3.8) is 0 Å². The maximum Gasteiger partial charge on any atom is 0.268 e. The molecule has 0 fully saturated rings. The van der Waals surface area contributed by atoms with E-state index in [1.165, 1.54) is 3.97 Å². The molecule has 5 rings (SSSR count). The van der Waals surface area contributed by atoms with Gasteiger partial charge in [-0.2, -0.15) is 5.26 Å². The number of nitrogens with zero attached hydrogens (tertiary/aromatic N) is 4. The van der Waals surface area contributed by atoms with E-state index in [4.69, 9.17) is 9.72 Å². The zero-order valence-corrected chi connectivity index (χ0v) is 26.7. The highest BCUT2D eigenvalue weighted by molar-refractivity contribution is 7.90. The van der Waals surface area contributed by atoms with Gasteiger partial charge in [0.25, 0.3) is 10.0 Å². The van der Waals surface area contributed by atoms with E-state index in [1.54, 1.807) is 54.7 Å². The zero-order chi connectivity index (χ0) is 30.4. The summed E-state index contributed by atoms with van der Waals surface area (Å²) in [7, 11) is -5.19. The van der Waals surface area contributed by atoms with E-state index in [-0.39, 0.29) is 11.6 Å². The van der Waals surface area contributed by atoms with Crippen LogP contribution in [0.2, 0.25) is 25.7 Å². The maximum absolute atomic E-state index is 13.7. The van der Waals surface area contributed by atoms with E-state index >= 15 is 0 Å². The lowest BCUT2D eigenvalue weighted by molar-refractivity contribution is 0.0815. The van der Waals surface area contributed by atoms with Gasteiger partial charge in [0.1, 0.15) is 18.7 Å². The summed E-state index contributed by atoms with van der Waals surface area (Å²) in [5.41, 5.74) is 5.46. The van der Waals surface area contributed by atoms with Crippen molar-refractivity contribution in [3.05, 3.63) is 94.4 Å². The molecule has 8 nitrogen and oxygen atoms in total. The molecule has 1 unspecified atom stereocenters. The molecule has 0 amide bonds. The van der Waals surface area contributed by atoms with Gasteiger partial charge < -0.3 is 14.4 Å². The first-order chi connectivity index (χ1) is 19.8. The third kappa shape index (κ3) is 5.53. The Labute approximate surface area is 247 Å². The molecule has 2 heterocycles. The molecule has 218 valence electrons. The van der Waals surface area contributed by atoms with Gasteiger partial charge in [-0.3, -0.25) is 0 Å². The lowest BCUT2D eigenvalue weighted by Crippen LogP contribution is -2.22. The smallest absolute Gasteiger partial charge is 0.268 e. The third-order valence-corrected chi connectivity index (χ3v) is 11.0. The van der Waals surface area contributed by atoms with Crippen LogP contribution >= 0.6 is 0 Å². The summed E-state index contributed by atoms with van der Waals surface area (Å²) >= 11 is 0. The SMILES string of the molecule is Cc1ccc(S(=O)(=O)n2ccc3c(C(O)c4nc5ccc(C#N)cc5n4COCC[Si](C)(C)C)c(C)cc(C)c32)cc1. The predicted octanol–water partition coefficient (Wildman–Crippen LogP) is 6.42. The third-order valence-electron chi connectivity index (χ3n) is 7.59. The highest BCUT2D eigenvalue weighted by Crippen LogP contribution is 2.36. The normalized spacial score (nSPS) is 13.1. The van der Waals surface area contributed by atoms with Crippen LogP contribution in [0, 0.1) is 32.1 Å². The summed E-state index contributed by atoms with van der Waals surface area (Å²) in [6, 6.07) is 18.8. The zero-order valence-electron chi connectivity index (χ0n) is 24.8. The van der Waals surface area contributed by atoms with Crippen LogP contribution in [-0.2, 0) is 21.5 Å². The van der Waals surface area contributed by atoms with Crippen molar-refractivity contribution in [3.8, 4) is 6.07 Å². The van der Waals surface area contributed by atoms with Crippen molar-refractivity contribution in [1.82, 2.24) is 13.5 Å². The van der Waals surface area contributed by atoms with E-state index in [9.17, 15) is 18.8 Å². The standard InChI is InChI=1S/C32H36N4O4SSi/c1-21-7-10-25(11-8-21)41(38,39)36-14-13-26-29(22(2)17-23(3)30(26)36)31(37)32-34-27-12-9-24(19-33)18-28(27)35(32)20-40-15-16-42(4,5)6/h7-14,17-18,31,37H,15-16,20H2,1-6H3. The molecule has 0 spiro atoms. The number of benzene rings is 3. The molecule has 0 saturated carbocycles. The average molecular weight is 601 g/mol. The van der Waals surface area contributed by atoms with Crippen LogP contribution in [0.15, 0.2) is 65.7 Å². The van der Waals surface area contributed by atoms with Gasteiger partial charge in [0.15, 0.2) is 0 Å². The Hall–Kier alpha value is -3.75. The van der Waals surface area contributed by atoms with Gasteiger partial charge in [-0.05, 0) is 74.3 Å². The fourth-order valence-electron chi connectivity index (χ4n) is 5.31. The Morgan fingerprint density at radius 1 is 1.02 bits per heavy atom. The highest BCUT2D eigenvalue weighted by Gasteiger charge is 2.28. The summed E-state index contributed by atoms with van der Waals surface area (Å²) in [5, 5.41) is 22.1.